The van der Waals surface area contributed by atoms with Crippen LogP contribution in [-0.2, 0) is 6.42 Å². The summed E-state index contributed by atoms with van der Waals surface area (Å²) in [6, 6.07) is 11.2. The van der Waals surface area contributed by atoms with Gasteiger partial charge >= 0.3 is 0 Å². The minimum Gasteiger partial charge on any atom is -0.492 e. The molecule has 1 aromatic heterocycles. The predicted molar refractivity (Wildman–Crippen MR) is 89.3 cm³/mol. The molecule has 2 heterocycles. The molecule has 1 aliphatic rings. The van der Waals surface area contributed by atoms with Crippen molar-refractivity contribution < 1.29 is 9.15 Å². The highest BCUT2D eigenvalue weighted by Crippen LogP contribution is 2.35. The van der Waals surface area contributed by atoms with Crippen molar-refractivity contribution in [3.8, 4) is 17.1 Å². The molecule has 1 unspecified atom stereocenters. The molecule has 0 saturated carbocycles. The normalized spacial score (nSPS) is 17.6. The second-order valence-corrected chi connectivity index (χ2v) is 6.26. The van der Waals surface area contributed by atoms with Crippen molar-refractivity contribution in [3.05, 3.63) is 42.2 Å². The Balaban J connectivity index is 1.91. The Bertz CT molecular complexity index is 604. The summed E-state index contributed by atoms with van der Waals surface area (Å²) in [6.07, 6.45) is 3.92. The van der Waals surface area contributed by atoms with Crippen molar-refractivity contribution in [1.29, 1.82) is 0 Å². The third kappa shape index (κ3) is 2.91. The van der Waals surface area contributed by atoms with Gasteiger partial charge in [-0.25, -0.2) is 0 Å². The fourth-order valence-electron chi connectivity index (χ4n) is 3.39. The van der Waals surface area contributed by atoms with Gasteiger partial charge in [0, 0.05) is 23.2 Å². The van der Waals surface area contributed by atoms with Gasteiger partial charge in [0.15, 0.2) is 0 Å². The Hall–Kier alpha value is -1.74. The molecule has 3 heteroatoms. The van der Waals surface area contributed by atoms with Crippen molar-refractivity contribution in [2.75, 3.05) is 13.2 Å². The number of nitrogens with zero attached hydrogens (tertiary/aromatic N) is 1. The van der Waals surface area contributed by atoms with Crippen molar-refractivity contribution in [1.82, 2.24) is 4.90 Å². The lowest BCUT2D eigenvalue weighted by Gasteiger charge is -2.38. The first-order chi connectivity index (χ1) is 10.7. The van der Waals surface area contributed by atoms with Gasteiger partial charge in [-0.1, -0.05) is 19.1 Å². The van der Waals surface area contributed by atoms with Crippen LogP contribution in [0.4, 0.5) is 0 Å². The summed E-state index contributed by atoms with van der Waals surface area (Å²) in [5, 5.41) is 0. The molecule has 0 aliphatic carbocycles. The third-order valence-electron chi connectivity index (χ3n) is 4.40. The maximum Gasteiger partial charge on any atom is 0.134 e. The highest BCUT2D eigenvalue weighted by atomic mass is 16.5. The van der Waals surface area contributed by atoms with Crippen LogP contribution in [0.1, 0.15) is 32.8 Å². The van der Waals surface area contributed by atoms with Crippen LogP contribution >= 0.6 is 0 Å². The molecular formula is C19H25NO2. The molecule has 118 valence electrons. The van der Waals surface area contributed by atoms with Crippen molar-refractivity contribution in [3.63, 3.8) is 0 Å². The summed E-state index contributed by atoms with van der Waals surface area (Å²) >= 11 is 0. The van der Waals surface area contributed by atoms with Crippen LogP contribution in [0.3, 0.4) is 0 Å². The lowest BCUT2D eigenvalue weighted by Crippen LogP contribution is -2.47. The molecule has 0 bridgehead atoms. The number of rotatable bonds is 5. The van der Waals surface area contributed by atoms with Crippen molar-refractivity contribution in [2.45, 2.75) is 45.7 Å². The molecule has 1 aromatic carbocycles. The second-order valence-electron chi connectivity index (χ2n) is 6.26. The van der Waals surface area contributed by atoms with Gasteiger partial charge in [-0.2, -0.15) is 0 Å². The largest absolute Gasteiger partial charge is 0.492 e. The van der Waals surface area contributed by atoms with Gasteiger partial charge in [-0.3, -0.25) is 4.90 Å². The molecular weight excluding hydrogens is 274 g/mol. The monoisotopic (exact) mass is 299 g/mol. The van der Waals surface area contributed by atoms with E-state index in [2.05, 4.69) is 37.8 Å². The Morgan fingerprint density at radius 1 is 1.23 bits per heavy atom. The van der Waals surface area contributed by atoms with Crippen LogP contribution in [-0.4, -0.2) is 30.1 Å². The number of ether oxygens (including phenoxy) is 1. The minimum absolute atomic E-state index is 0.434. The lowest BCUT2D eigenvalue weighted by atomic mass is 9.94. The van der Waals surface area contributed by atoms with E-state index in [0.29, 0.717) is 12.1 Å². The zero-order valence-corrected chi connectivity index (χ0v) is 13.7. The molecule has 0 N–H and O–H groups in total. The summed E-state index contributed by atoms with van der Waals surface area (Å²) in [5.74, 6) is 1.93. The van der Waals surface area contributed by atoms with E-state index in [1.807, 2.05) is 18.2 Å². The summed E-state index contributed by atoms with van der Waals surface area (Å²) in [6.45, 7) is 8.66. The SMILES string of the molecule is CCCN(C(C)C)C1COc2cccc(-c3ccco3)c2C1. The molecule has 0 saturated heterocycles. The molecule has 1 aliphatic heterocycles. The molecule has 3 nitrogen and oxygen atoms in total. The number of furan rings is 1. The summed E-state index contributed by atoms with van der Waals surface area (Å²) in [7, 11) is 0. The first-order valence-electron chi connectivity index (χ1n) is 8.25. The summed E-state index contributed by atoms with van der Waals surface area (Å²) < 4.78 is 11.7. The van der Waals surface area contributed by atoms with E-state index in [9.17, 15) is 0 Å². The van der Waals surface area contributed by atoms with Gasteiger partial charge in [0.2, 0.25) is 0 Å². The molecule has 0 radical (unpaired) electrons. The molecule has 22 heavy (non-hydrogen) atoms. The van der Waals surface area contributed by atoms with E-state index in [-0.39, 0.29) is 0 Å². The van der Waals surface area contributed by atoms with E-state index in [1.54, 1.807) is 6.26 Å². The van der Waals surface area contributed by atoms with Gasteiger partial charge in [0.25, 0.3) is 0 Å². The van der Waals surface area contributed by atoms with Crippen LogP contribution in [0.25, 0.3) is 11.3 Å². The van der Waals surface area contributed by atoms with Gasteiger partial charge in [0.1, 0.15) is 18.1 Å². The standard InChI is InChI=1S/C19H25NO2/c1-4-10-20(14(2)3)15-12-17-16(18-9-6-11-21-18)7-5-8-19(17)22-13-15/h5-9,11,14-15H,4,10,12-13H2,1-3H3. The summed E-state index contributed by atoms with van der Waals surface area (Å²) in [5.41, 5.74) is 2.43. The van der Waals surface area contributed by atoms with Crippen LogP contribution in [0.2, 0.25) is 0 Å². The Morgan fingerprint density at radius 3 is 2.77 bits per heavy atom. The fraction of sp³-hybridized carbons (Fsp3) is 0.474. The molecule has 2 aromatic rings. The van der Waals surface area contributed by atoms with Crippen LogP contribution < -0.4 is 4.74 Å². The smallest absolute Gasteiger partial charge is 0.134 e. The highest BCUT2D eigenvalue weighted by molar-refractivity contribution is 5.66. The van der Waals surface area contributed by atoms with Crippen LogP contribution in [0.5, 0.6) is 5.75 Å². The van der Waals surface area contributed by atoms with Gasteiger partial charge < -0.3 is 9.15 Å². The first kappa shape index (κ1) is 15.2. The molecule has 3 rings (SSSR count). The van der Waals surface area contributed by atoms with Crippen LogP contribution in [0.15, 0.2) is 41.0 Å². The highest BCUT2D eigenvalue weighted by Gasteiger charge is 2.28. The van der Waals surface area contributed by atoms with Gasteiger partial charge in [-0.15, -0.1) is 0 Å². The van der Waals surface area contributed by atoms with Crippen molar-refractivity contribution >= 4 is 0 Å². The maximum atomic E-state index is 6.07. The van der Waals surface area contributed by atoms with Gasteiger partial charge in [-0.05, 0) is 51.4 Å². The third-order valence-corrected chi connectivity index (χ3v) is 4.40. The predicted octanol–water partition coefficient (Wildman–Crippen LogP) is 4.37. The van der Waals surface area contributed by atoms with E-state index in [0.717, 1.165) is 36.6 Å². The van der Waals surface area contributed by atoms with Crippen LogP contribution in [0, 0.1) is 0 Å². The molecule has 0 spiro atoms. The minimum atomic E-state index is 0.434. The quantitative estimate of drug-likeness (QED) is 0.820. The average molecular weight is 299 g/mol. The number of hydrogen-bond donors (Lipinski definition) is 0. The molecule has 0 amide bonds. The zero-order chi connectivity index (χ0) is 15.5. The molecule has 1 atom stereocenters. The lowest BCUT2D eigenvalue weighted by molar-refractivity contribution is 0.0927. The maximum absolute atomic E-state index is 6.07. The Labute approximate surface area is 132 Å². The van der Waals surface area contributed by atoms with E-state index in [1.165, 1.54) is 12.0 Å². The number of fused-ring (bicyclic) bond motifs is 1. The topological polar surface area (TPSA) is 25.6 Å². The van der Waals surface area contributed by atoms with E-state index >= 15 is 0 Å². The first-order valence-corrected chi connectivity index (χ1v) is 8.25. The van der Waals surface area contributed by atoms with Crippen molar-refractivity contribution in [2.24, 2.45) is 0 Å². The Kier molecular flexibility index (Phi) is 4.53. The molecule has 0 fully saturated rings. The second kappa shape index (κ2) is 6.57. The summed E-state index contributed by atoms with van der Waals surface area (Å²) in [4.78, 5) is 2.56. The average Bonchev–Trinajstić information content (AvgIpc) is 3.05. The van der Waals surface area contributed by atoms with E-state index < -0.39 is 0 Å². The fourth-order valence-corrected chi connectivity index (χ4v) is 3.39. The van der Waals surface area contributed by atoms with E-state index in [4.69, 9.17) is 9.15 Å². The Morgan fingerprint density at radius 2 is 2.09 bits per heavy atom. The number of hydrogen-bond acceptors (Lipinski definition) is 3. The number of benzene rings is 1. The zero-order valence-electron chi connectivity index (χ0n) is 13.7. The van der Waals surface area contributed by atoms with Gasteiger partial charge in [0.05, 0.1) is 6.26 Å².